The number of nitrogens with zero attached hydrogens (tertiary/aromatic N) is 1. The van der Waals surface area contributed by atoms with E-state index in [2.05, 4.69) is 5.32 Å². The number of methoxy groups -OCH3 is 1. The molecule has 0 heterocycles. The topological polar surface area (TPSA) is 64.4 Å². The van der Waals surface area contributed by atoms with Crippen molar-refractivity contribution in [1.29, 1.82) is 0 Å². The quantitative estimate of drug-likeness (QED) is 0.646. The van der Waals surface area contributed by atoms with Gasteiger partial charge in [-0.2, -0.15) is 13.2 Å². The molecule has 1 N–H and O–H groups in total. The van der Waals surface area contributed by atoms with Gasteiger partial charge in [0.25, 0.3) is 5.69 Å². The predicted molar refractivity (Wildman–Crippen MR) is 66.5 cm³/mol. The molecule has 5 nitrogen and oxygen atoms in total. The molecule has 0 aliphatic carbocycles. The molecule has 0 saturated carbocycles. The van der Waals surface area contributed by atoms with Gasteiger partial charge < -0.3 is 10.1 Å². The molecule has 20 heavy (non-hydrogen) atoms. The molecule has 1 unspecified atom stereocenters. The van der Waals surface area contributed by atoms with E-state index in [1.54, 1.807) is 7.05 Å². The minimum absolute atomic E-state index is 0.207. The molecule has 1 aromatic carbocycles. The number of nitro benzene ring substituents is 1. The second-order valence-electron chi connectivity index (χ2n) is 4.24. The van der Waals surface area contributed by atoms with Crippen LogP contribution in [0.15, 0.2) is 18.2 Å². The minimum atomic E-state index is -4.60. The number of halogens is 3. The van der Waals surface area contributed by atoms with Gasteiger partial charge in [0.05, 0.1) is 17.1 Å². The number of alkyl halides is 3. The lowest BCUT2D eigenvalue weighted by Gasteiger charge is -2.15. The summed E-state index contributed by atoms with van der Waals surface area (Å²) in [6, 6.07) is 2.34. The summed E-state index contributed by atoms with van der Waals surface area (Å²) in [4.78, 5) is 10.1. The van der Waals surface area contributed by atoms with Crippen LogP contribution in [0.2, 0.25) is 0 Å². The lowest BCUT2D eigenvalue weighted by atomic mass is 10.0. The average molecular weight is 292 g/mol. The zero-order chi connectivity index (χ0) is 15.3. The number of rotatable bonds is 6. The third kappa shape index (κ3) is 4.17. The Morgan fingerprint density at radius 1 is 1.45 bits per heavy atom. The molecule has 0 fully saturated rings. The second-order valence-corrected chi connectivity index (χ2v) is 4.24. The molecule has 8 heteroatoms. The van der Waals surface area contributed by atoms with E-state index in [0.29, 0.717) is 12.7 Å². The average Bonchev–Trinajstić information content (AvgIpc) is 2.36. The van der Waals surface area contributed by atoms with E-state index < -0.39 is 22.4 Å². The monoisotopic (exact) mass is 292 g/mol. The summed E-state index contributed by atoms with van der Waals surface area (Å²) in [5.74, 6) is 0. The Morgan fingerprint density at radius 2 is 2.10 bits per heavy atom. The fourth-order valence-corrected chi connectivity index (χ4v) is 1.79. The molecule has 1 rings (SSSR count). The lowest BCUT2D eigenvalue weighted by Crippen LogP contribution is -2.32. The summed E-state index contributed by atoms with van der Waals surface area (Å²) < 4.78 is 42.6. The highest BCUT2D eigenvalue weighted by Crippen LogP contribution is 2.33. The van der Waals surface area contributed by atoms with Crippen LogP contribution in [0.3, 0.4) is 0 Å². The number of likely N-dealkylation sites (N-methyl/N-ethyl adjacent to an activating group) is 1. The first kappa shape index (κ1) is 16.4. The standard InChI is InChI=1S/C12H15F3N2O3/c1-16-10(7-20-2)5-8-3-4-9(12(13,14)15)6-11(8)17(18)19/h3-4,6,10,16H,5,7H2,1-2H3. The molecular weight excluding hydrogens is 277 g/mol. The van der Waals surface area contributed by atoms with Gasteiger partial charge >= 0.3 is 6.18 Å². The van der Waals surface area contributed by atoms with E-state index in [9.17, 15) is 23.3 Å². The van der Waals surface area contributed by atoms with Crippen LogP contribution in [0.25, 0.3) is 0 Å². The minimum Gasteiger partial charge on any atom is -0.383 e. The van der Waals surface area contributed by atoms with Gasteiger partial charge in [0, 0.05) is 24.8 Å². The molecule has 1 aromatic rings. The number of ether oxygens (including phenoxy) is 1. The number of benzene rings is 1. The van der Waals surface area contributed by atoms with Crippen molar-refractivity contribution in [2.75, 3.05) is 20.8 Å². The number of nitro groups is 1. The summed E-state index contributed by atoms with van der Waals surface area (Å²) in [5.41, 5.74) is -1.32. The van der Waals surface area contributed by atoms with Gasteiger partial charge in [0.1, 0.15) is 0 Å². The van der Waals surface area contributed by atoms with E-state index in [1.165, 1.54) is 7.11 Å². The first-order chi connectivity index (χ1) is 9.29. The Bertz CT molecular complexity index is 478. The van der Waals surface area contributed by atoms with Gasteiger partial charge in [0.15, 0.2) is 0 Å². The molecular formula is C12H15F3N2O3. The van der Waals surface area contributed by atoms with Crippen molar-refractivity contribution in [1.82, 2.24) is 5.32 Å². The fourth-order valence-electron chi connectivity index (χ4n) is 1.79. The van der Waals surface area contributed by atoms with Crippen molar-refractivity contribution < 1.29 is 22.8 Å². The van der Waals surface area contributed by atoms with Crippen molar-refractivity contribution in [3.63, 3.8) is 0 Å². The molecule has 0 aliphatic rings. The zero-order valence-electron chi connectivity index (χ0n) is 11.0. The van der Waals surface area contributed by atoms with Crippen LogP contribution in [-0.2, 0) is 17.3 Å². The van der Waals surface area contributed by atoms with Gasteiger partial charge in [-0.05, 0) is 19.5 Å². The van der Waals surface area contributed by atoms with Crippen LogP contribution in [-0.4, -0.2) is 31.7 Å². The highest BCUT2D eigenvalue weighted by Gasteiger charge is 2.33. The van der Waals surface area contributed by atoms with Gasteiger partial charge in [0.2, 0.25) is 0 Å². The molecule has 1 atom stereocenters. The van der Waals surface area contributed by atoms with E-state index in [-0.39, 0.29) is 18.0 Å². The molecule has 0 saturated heterocycles. The maximum absolute atomic E-state index is 12.6. The highest BCUT2D eigenvalue weighted by atomic mass is 19.4. The van der Waals surface area contributed by atoms with Crippen LogP contribution in [0, 0.1) is 10.1 Å². The Kier molecular flexibility index (Phi) is 5.46. The fraction of sp³-hybridized carbons (Fsp3) is 0.500. The molecule has 112 valence electrons. The molecule has 0 aromatic heterocycles. The van der Waals surface area contributed by atoms with Crippen molar-refractivity contribution in [3.05, 3.63) is 39.4 Å². The van der Waals surface area contributed by atoms with Crippen molar-refractivity contribution in [2.45, 2.75) is 18.6 Å². The number of hydrogen-bond acceptors (Lipinski definition) is 4. The Hall–Kier alpha value is -1.67. The second kappa shape index (κ2) is 6.67. The SMILES string of the molecule is CNC(COC)Cc1ccc(C(F)(F)F)cc1[N+](=O)[O-]. The van der Waals surface area contributed by atoms with Crippen LogP contribution < -0.4 is 5.32 Å². The van der Waals surface area contributed by atoms with Crippen LogP contribution in [0.4, 0.5) is 18.9 Å². The predicted octanol–water partition coefficient (Wildman–Crippen LogP) is 2.39. The Labute approximate surface area is 113 Å². The normalized spacial score (nSPS) is 13.2. The summed E-state index contributed by atoms with van der Waals surface area (Å²) in [5, 5.41) is 13.8. The summed E-state index contributed by atoms with van der Waals surface area (Å²) >= 11 is 0. The first-order valence-corrected chi connectivity index (χ1v) is 5.80. The van der Waals surface area contributed by atoms with Crippen molar-refractivity contribution in [3.8, 4) is 0 Å². The third-order valence-electron chi connectivity index (χ3n) is 2.85. The van der Waals surface area contributed by atoms with E-state index in [1.807, 2.05) is 0 Å². The lowest BCUT2D eigenvalue weighted by molar-refractivity contribution is -0.385. The zero-order valence-corrected chi connectivity index (χ0v) is 11.0. The Morgan fingerprint density at radius 3 is 2.55 bits per heavy atom. The van der Waals surface area contributed by atoms with Gasteiger partial charge in [-0.25, -0.2) is 0 Å². The summed E-state index contributed by atoms with van der Waals surface area (Å²) in [6.07, 6.45) is -4.39. The number of hydrogen-bond donors (Lipinski definition) is 1. The molecule has 0 spiro atoms. The van der Waals surface area contributed by atoms with Gasteiger partial charge in [-0.15, -0.1) is 0 Å². The largest absolute Gasteiger partial charge is 0.416 e. The Balaban J connectivity index is 3.10. The smallest absolute Gasteiger partial charge is 0.383 e. The number of nitrogens with one attached hydrogen (secondary N) is 1. The van der Waals surface area contributed by atoms with E-state index in [4.69, 9.17) is 4.74 Å². The maximum atomic E-state index is 12.6. The highest BCUT2D eigenvalue weighted by molar-refractivity contribution is 5.44. The van der Waals surface area contributed by atoms with Crippen LogP contribution >= 0.6 is 0 Å². The van der Waals surface area contributed by atoms with Crippen LogP contribution in [0.1, 0.15) is 11.1 Å². The maximum Gasteiger partial charge on any atom is 0.416 e. The molecule has 0 radical (unpaired) electrons. The van der Waals surface area contributed by atoms with Crippen molar-refractivity contribution in [2.24, 2.45) is 0 Å². The first-order valence-electron chi connectivity index (χ1n) is 5.80. The third-order valence-corrected chi connectivity index (χ3v) is 2.85. The van der Waals surface area contributed by atoms with Gasteiger partial charge in [-0.1, -0.05) is 6.07 Å². The summed E-state index contributed by atoms with van der Waals surface area (Å²) in [7, 11) is 3.13. The van der Waals surface area contributed by atoms with Crippen LogP contribution in [0.5, 0.6) is 0 Å². The van der Waals surface area contributed by atoms with Crippen molar-refractivity contribution >= 4 is 5.69 Å². The van der Waals surface area contributed by atoms with E-state index in [0.717, 1.165) is 12.1 Å². The summed E-state index contributed by atoms with van der Waals surface area (Å²) in [6.45, 7) is 0.300. The molecule has 0 aliphatic heterocycles. The molecule has 0 bridgehead atoms. The molecule has 0 amide bonds. The van der Waals surface area contributed by atoms with E-state index >= 15 is 0 Å². The van der Waals surface area contributed by atoms with Gasteiger partial charge in [-0.3, -0.25) is 10.1 Å².